The molecule has 2 amide bonds. The van der Waals surface area contributed by atoms with E-state index in [2.05, 4.69) is 41.5 Å². The minimum Gasteiger partial charge on any atom is -0.494 e. The van der Waals surface area contributed by atoms with E-state index < -0.39 is 5.91 Å². The van der Waals surface area contributed by atoms with Gasteiger partial charge in [0.05, 0.1) is 24.0 Å². The zero-order valence-corrected chi connectivity index (χ0v) is 18.3. The second kappa shape index (κ2) is 10.3. The van der Waals surface area contributed by atoms with Crippen LogP contribution < -0.4 is 26.0 Å². The Morgan fingerprint density at radius 1 is 1.16 bits per heavy atom. The molecule has 0 bridgehead atoms. The van der Waals surface area contributed by atoms with Crippen molar-refractivity contribution >= 4 is 29.0 Å². The number of methoxy groups -OCH3 is 1. The molecule has 0 spiro atoms. The van der Waals surface area contributed by atoms with Crippen molar-refractivity contribution in [1.82, 2.24) is 35.6 Å². The number of ether oxygens (including phenoxy) is 1. The Morgan fingerprint density at radius 2 is 1.97 bits per heavy atom. The molecule has 3 rings (SSSR count). The summed E-state index contributed by atoms with van der Waals surface area (Å²) in [5.41, 5.74) is 1.63. The number of carbonyl (C=O) groups excluding carboxylic acids is 2. The highest BCUT2D eigenvalue weighted by Crippen LogP contribution is 2.37. The predicted molar refractivity (Wildman–Crippen MR) is 119 cm³/mol. The highest BCUT2D eigenvalue weighted by Gasteiger charge is 2.19. The lowest BCUT2D eigenvalue weighted by Crippen LogP contribution is -2.23. The van der Waals surface area contributed by atoms with Crippen LogP contribution in [0.4, 0.5) is 17.2 Å². The summed E-state index contributed by atoms with van der Waals surface area (Å²) in [5.74, 6) is 0.522. The molecule has 0 unspecified atom stereocenters. The van der Waals surface area contributed by atoms with Crippen molar-refractivity contribution in [2.75, 3.05) is 38.4 Å². The van der Waals surface area contributed by atoms with Crippen LogP contribution in [0.1, 0.15) is 16.9 Å². The number of anilines is 3. The molecule has 0 atom stereocenters. The number of para-hydroxylation sites is 1. The number of carbonyl (C=O) groups is 2. The fraction of sp³-hybridized carbons (Fsp3) is 0.300. The Hall–Kier alpha value is -4.06. The van der Waals surface area contributed by atoms with Crippen LogP contribution >= 0.6 is 0 Å². The fourth-order valence-electron chi connectivity index (χ4n) is 2.92. The first kappa shape index (κ1) is 22.6. The van der Waals surface area contributed by atoms with Gasteiger partial charge in [0.1, 0.15) is 6.33 Å². The van der Waals surface area contributed by atoms with Gasteiger partial charge in [-0.25, -0.2) is 4.98 Å². The first-order valence-corrected chi connectivity index (χ1v) is 9.81. The minimum absolute atomic E-state index is 0.0594. The van der Waals surface area contributed by atoms with E-state index in [0.717, 1.165) is 0 Å². The maximum atomic E-state index is 12.3. The Bertz CT molecular complexity index is 1110. The average Bonchev–Trinajstić information content (AvgIpc) is 3.23. The van der Waals surface area contributed by atoms with Crippen LogP contribution in [0.25, 0.3) is 11.4 Å². The van der Waals surface area contributed by atoms with Crippen molar-refractivity contribution in [3.8, 4) is 17.1 Å². The fourth-order valence-corrected chi connectivity index (χ4v) is 2.92. The monoisotopic (exact) mass is 439 g/mol. The van der Waals surface area contributed by atoms with Crippen molar-refractivity contribution < 1.29 is 14.3 Å². The second-order valence-electron chi connectivity index (χ2n) is 6.73. The molecule has 4 N–H and O–H groups in total. The summed E-state index contributed by atoms with van der Waals surface area (Å²) in [6.07, 6.45) is 1.86. The van der Waals surface area contributed by atoms with Crippen LogP contribution in [0.2, 0.25) is 0 Å². The largest absolute Gasteiger partial charge is 0.494 e. The number of amides is 2. The molecule has 32 heavy (non-hydrogen) atoms. The Kier molecular flexibility index (Phi) is 7.29. The van der Waals surface area contributed by atoms with E-state index in [-0.39, 0.29) is 23.8 Å². The van der Waals surface area contributed by atoms with Gasteiger partial charge >= 0.3 is 0 Å². The lowest BCUT2D eigenvalue weighted by atomic mass is 10.1. The van der Waals surface area contributed by atoms with Crippen LogP contribution in [-0.4, -0.2) is 64.5 Å². The molecule has 0 saturated carbocycles. The van der Waals surface area contributed by atoms with Crippen LogP contribution in [0.3, 0.4) is 0 Å². The molecular formula is C20H25N9O3. The van der Waals surface area contributed by atoms with Crippen molar-refractivity contribution in [1.29, 1.82) is 0 Å². The van der Waals surface area contributed by atoms with Crippen LogP contribution in [-0.2, 0) is 11.8 Å². The molecule has 1 aromatic carbocycles. The predicted octanol–water partition coefficient (Wildman–Crippen LogP) is 0.932. The molecule has 0 radical (unpaired) electrons. The summed E-state index contributed by atoms with van der Waals surface area (Å²) in [6.45, 7) is 0.520. The summed E-state index contributed by atoms with van der Waals surface area (Å²) < 4.78 is 7.20. The Morgan fingerprint density at radius 3 is 2.62 bits per heavy atom. The summed E-state index contributed by atoms with van der Waals surface area (Å²) in [5, 5.41) is 23.6. The number of hydrogen-bond acceptors (Lipinski definition) is 9. The zero-order chi connectivity index (χ0) is 23.1. The number of nitrogens with one attached hydrogen (secondary N) is 4. The topological polar surface area (TPSA) is 148 Å². The molecule has 0 saturated heterocycles. The molecule has 0 aliphatic heterocycles. The molecule has 0 aliphatic rings. The van der Waals surface area contributed by atoms with Gasteiger partial charge in [-0.3, -0.25) is 14.3 Å². The van der Waals surface area contributed by atoms with Crippen molar-refractivity contribution in [3.05, 3.63) is 36.3 Å². The van der Waals surface area contributed by atoms with Crippen LogP contribution in [0.5, 0.6) is 5.75 Å². The van der Waals surface area contributed by atoms with Gasteiger partial charge in [0.15, 0.2) is 23.1 Å². The molecular weight excluding hydrogens is 414 g/mol. The third-order valence-corrected chi connectivity index (χ3v) is 4.43. The van der Waals surface area contributed by atoms with E-state index in [1.807, 2.05) is 12.1 Å². The summed E-state index contributed by atoms with van der Waals surface area (Å²) in [7, 11) is 6.56. The summed E-state index contributed by atoms with van der Waals surface area (Å²) in [6, 6.07) is 6.97. The zero-order valence-electron chi connectivity index (χ0n) is 18.3. The normalized spacial score (nSPS) is 10.5. The Balaban J connectivity index is 1.98. The van der Waals surface area contributed by atoms with E-state index in [1.54, 1.807) is 37.2 Å². The van der Waals surface area contributed by atoms with Crippen molar-refractivity contribution in [2.45, 2.75) is 6.42 Å². The molecule has 168 valence electrons. The number of hydrogen-bond donors (Lipinski definition) is 4. The minimum atomic E-state index is -0.436. The molecule has 0 aliphatic carbocycles. The molecule has 0 fully saturated rings. The van der Waals surface area contributed by atoms with Crippen LogP contribution in [0, 0.1) is 0 Å². The standard InChI is InChI=1S/C20H25N9O3/c1-21-9-8-16(30)25-15-10-14(17(27-26-15)20(31)22-2)24-13-7-5-6-12(18(13)32-4)19-23-11-29(3)28-19/h5-7,10-11,21H,8-9H2,1-4H3,(H,22,31)(H2,24,25,26,30). The Labute approximate surface area is 184 Å². The van der Waals surface area contributed by atoms with E-state index in [9.17, 15) is 9.59 Å². The quantitative estimate of drug-likeness (QED) is 0.382. The van der Waals surface area contributed by atoms with E-state index in [0.29, 0.717) is 35.1 Å². The van der Waals surface area contributed by atoms with Gasteiger partial charge in [-0.15, -0.1) is 10.2 Å². The highest BCUT2D eigenvalue weighted by molar-refractivity contribution is 5.99. The van der Waals surface area contributed by atoms with Gasteiger partial charge in [0.25, 0.3) is 5.91 Å². The lowest BCUT2D eigenvalue weighted by Gasteiger charge is -2.16. The number of benzene rings is 1. The maximum Gasteiger partial charge on any atom is 0.273 e. The van der Waals surface area contributed by atoms with Gasteiger partial charge in [-0.2, -0.15) is 5.10 Å². The second-order valence-corrected chi connectivity index (χ2v) is 6.73. The van der Waals surface area contributed by atoms with Crippen LogP contribution in [0.15, 0.2) is 30.6 Å². The third kappa shape index (κ3) is 5.16. The molecule has 12 nitrogen and oxygen atoms in total. The summed E-state index contributed by atoms with van der Waals surface area (Å²) >= 11 is 0. The van der Waals surface area contributed by atoms with Gasteiger partial charge in [-0.1, -0.05) is 6.07 Å². The van der Waals surface area contributed by atoms with Gasteiger partial charge < -0.3 is 26.0 Å². The number of nitrogens with zero attached hydrogens (tertiary/aromatic N) is 5. The highest BCUT2D eigenvalue weighted by atomic mass is 16.5. The smallest absolute Gasteiger partial charge is 0.273 e. The third-order valence-electron chi connectivity index (χ3n) is 4.43. The van der Waals surface area contributed by atoms with Gasteiger partial charge in [0, 0.05) is 33.1 Å². The number of rotatable bonds is 9. The lowest BCUT2D eigenvalue weighted by molar-refractivity contribution is -0.116. The molecule has 2 heterocycles. The van der Waals surface area contributed by atoms with Crippen molar-refractivity contribution in [3.63, 3.8) is 0 Å². The average molecular weight is 439 g/mol. The first-order chi connectivity index (χ1) is 15.5. The number of aromatic nitrogens is 5. The number of aryl methyl sites for hydroxylation is 1. The van der Waals surface area contributed by atoms with E-state index in [4.69, 9.17) is 4.74 Å². The molecule has 3 aromatic rings. The van der Waals surface area contributed by atoms with Gasteiger partial charge in [0.2, 0.25) is 5.91 Å². The maximum absolute atomic E-state index is 12.3. The van der Waals surface area contributed by atoms with E-state index >= 15 is 0 Å². The molecule has 2 aromatic heterocycles. The van der Waals surface area contributed by atoms with Gasteiger partial charge in [-0.05, 0) is 19.2 Å². The first-order valence-electron chi connectivity index (χ1n) is 9.81. The van der Waals surface area contributed by atoms with Crippen molar-refractivity contribution in [2.24, 2.45) is 7.05 Å². The summed E-state index contributed by atoms with van der Waals surface area (Å²) in [4.78, 5) is 28.7. The van der Waals surface area contributed by atoms with E-state index in [1.165, 1.54) is 14.2 Å². The SMILES string of the molecule is CNCCC(=O)Nc1cc(Nc2cccc(-c3ncn(C)n3)c2OC)c(C(=O)NC)nn1. The molecule has 12 heteroatoms.